The number of hydrogen-bond acceptors (Lipinski definition) is 5. The number of hydrogen-bond donors (Lipinski definition) is 1. The number of carbonyl (C=O) groups is 2. The third-order valence-electron chi connectivity index (χ3n) is 4.04. The van der Waals surface area contributed by atoms with Gasteiger partial charge in [-0.05, 0) is 26.3 Å². The normalized spacial score (nSPS) is 26.5. The maximum absolute atomic E-state index is 12.4. The van der Waals surface area contributed by atoms with Crippen molar-refractivity contribution in [2.24, 2.45) is 0 Å². The Morgan fingerprint density at radius 3 is 2.33 bits per heavy atom. The number of carbonyl (C=O) groups excluding carboxylic acids is 2. The number of nitrogens with one attached hydrogen (secondary N) is 1. The standard InChI is InChI=1S/C17H23NO5S/c1-5-24(21,22)14-13(12-9-7-6-8-10-12)17(14,11-19)18-15(20)23-16(2,3)4/h6-11,13-14H,5H2,1-4H3,(H,18,20)/t13-,14+,17-/m0/s1. The molecule has 7 heteroatoms. The van der Waals surface area contributed by atoms with E-state index in [4.69, 9.17) is 4.74 Å². The van der Waals surface area contributed by atoms with Gasteiger partial charge < -0.3 is 14.8 Å². The quantitative estimate of drug-likeness (QED) is 0.818. The number of benzene rings is 1. The highest BCUT2D eigenvalue weighted by atomic mass is 32.2. The molecule has 24 heavy (non-hydrogen) atoms. The monoisotopic (exact) mass is 353 g/mol. The zero-order valence-corrected chi connectivity index (χ0v) is 15.1. The second kappa shape index (κ2) is 6.20. The topological polar surface area (TPSA) is 89.5 Å². The third kappa shape index (κ3) is 3.45. The van der Waals surface area contributed by atoms with Crippen LogP contribution >= 0.6 is 0 Å². The van der Waals surface area contributed by atoms with Gasteiger partial charge in [0, 0.05) is 11.7 Å². The predicted molar refractivity (Wildman–Crippen MR) is 90.6 cm³/mol. The summed E-state index contributed by atoms with van der Waals surface area (Å²) < 4.78 is 30.1. The predicted octanol–water partition coefficient (Wildman–Crippen LogP) is 2.05. The summed E-state index contributed by atoms with van der Waals surface area (Å²) in [4.78, 5) is 23.9. The van der Waals surface area contributed by atoms with Crippen LogP contribution in [0.5, 0.6) is 0 Å². The van der Waals surface area contributed by atoms with Gasteiger partial charge in [-0.15, -0.1) is 0 Å². The van der Waals surface area contributed by atoms with Crippen molar-refractivity contribution in [2.45, 2.75) is 50.0 Å². The van der Waals surface area contributed by atoms with Crippen molar-refractivity contribution in [2.75, 3.05) is 5.75 Å². The maximum atomic E-state index is 12.4. The lowest BCUT2D eigenvalue weighted by Gasteiger charge is -2.22. The SMILES string of the molecule is CCS(=O)(=O)[C@@H]1[C@H](c2ccccc2)[C@]1(C=O)NC(=O)OC(C)(C)C. The molecular formula is C17H23NO5S. The van der Waals surface area contributed by atoms with E-state index in [9.17, 15) is 18.0 Å². The zero-order chi connectivity index (χ0) is 18.2. The van der Waals surface area contributed by atoms with Gasteiger partial charge in [0.2, 0.25) is 0 Å². The third-order valence-corrected chi connectivity index (χ3v) is 6.28. The van der Waals surface area contributed by atoms with E-state index in [0.717, 1.165) is 0 Å². The molecule has 132 valence electrons. The second-order valence-electron chi connectivity index (χ2n) is 6.94. The van der Waals surface area contributed by atoms with Crippen LogP contribution in [-0.4, -0.2) is 42.9 Å². The van der Waals surface area contributed by atoms with Gasteiger partial charge in [-0.3, -0.25) is 0 Å². The average Bonchev–Trinajstić information content (AvgIpc) is 3.16. The highest BCUT2D eigenvalue weighted by Crippen LogP contribution is 2.55. The minimum Gasteiger partial charge on any atom is -0.444 e. The van der Waals surface area contributed by atoms with Crippen molar-refractivity contribution in [1.82, 2.24) is 5.32 Å². The molecule has 0 aromatic heterocycles. The molecule has 1 amide bonds. The number of aldehydes is 1. The molecule has 0 saturated heterocycles. The van der Waals surface area contributed by atoms with Crippen LogP contribution < -0.4 is 5.32 Å². The second-order valence-corrected chi connectivity index (χ2v) is 9.35. The van der Waals surface area contributed by atoms with Crippen molar-refractivity contribution < 1.29 is 22.7 Å². The summed E-state index contributed by atoms with van der Waals surface area (Å²) in [6, 6.07) is 8.85. The van der Waals surface area contributed by atoms with Crippen molar-refractivity contribution in [3.05, 3.63) is 35.9 Å². The fourth-order valence-corrected chi connectivity index (χ4v) is 4.90. The molecule has 2 rings (SSSR count). The molecule has 0 aliphatic heterocycles. The Labute approximate surface area is 142 Å². The molecule has 0 bridgehead atoms. The molecular weight excluding hydrogens is 330 g/mol. The summed E-state index contributed by atoms with van der Waals surface area (Å²) in [5.41, 5.74) is -1.54. The molecule has 0 unspecified atom stereocenters. The minimum absolute atomic E-state index is 0.105. The van der Waals surface area contributed by atoms with E-state index < -0.39 is 38.2 Å². The molecule has 1 aromatic carbocycles. The van der Waals surface area contributed by atoms with Crippen LogP contribution in [0.4, 0.5) is 4.79 Å². The average molecular weight is 353 g/mol. The van der Waals surface area contributed by atoms with Crippen molar-refractivity contribution >= 4 is 22.2 Å². The van der Waals surface area contributed by atoms with Gasteiger partial charge in [0.1, 0.15) is 22.7 Å². The number of rotatable bonds is 5. The summed E-state index contributed by atoms with van der Waals surface area (Å²) in [5, 5.41) is 1.52. The summed E-state index contributed by atoms with van der Waals surface area (Å²) in [6.07, 6.45) is -0.281. The van der Waals surface area contributed by atoms with E-state index in [1.807, 2.05) is 0 Å². The Balaban J connectivity index is 2.38. The van der Waals surface area contributed by atoms with Gasteiger partial charge in [-0.2, -0.15) is 0 Å². The first kappa shape index (κ1) is 18.4. The molecule has 1 aliphatic rings. The maximum Gasteiger partial charge on any atom is 0.408 e. The van der Waals surface area contributed by atoms with Crippen LogP contribution in [0.25, 0.3) is 0 Å². The molecule has 1 aromatic rings. The van der Waals surface area contributed by atoms with Crippen LogP contribution in [-0.2, 0) is 19.4 Å². The first-order valence-corrected chi connectivity index (χ1v) is 9.53. The van der Waals surface area contributed by atoms with Crippen molar-refractivity contribution in [3.8, 4) is 0 Å². The molecule has 1 aliphatic carbocycles. The molecule has 6 nitrogen and oxygen atoms in total. The highest BCUT2D eigenvalue weighted by Gasteiger charge is 2.72. The van der Waals surface area contributed by atoms with Gasteiger partial charge >= 0.3 is 6.09 Å². The van der Waals surface area contributed by atoms with Crippen LogP contribution in [0.3, 0.4) is 0 Å². The van der Waals surface area contributed by atoms with Crippen molar-refractivity contribution in [1.29, 1.82) is 0 Å². The number of ether oxygens (including phenoxy) is 1. The number of amides is 1. The fourth-order valence-electron chi connectivity index (χ4n) is 2.97. The van der Waals surface area contributed by atoms with E-state index in [1.54, 1.807) is 51.1 Å². The van der Waals surface area contributed by atoms with Gasteiger partial charge in [0.25, 0.3) is 0 Å². The smallest absolute Gasteiger partial charge is 0.408 e. The number of sulfone groups is 1. The summed E-state index contributed by atoms with van der Waals surface area (Å²) in [7, 11) is -3.53. The Kier molecular flexibility index (Phi) is 4.77. The van der Waals surface area contributed by atoms with Crippen molar-refractivity contribution in [3.63, 3.8) is 0 Å². The van der Waals surface area contributed by atoms with E-state index in [1.165, 1.54) is 6.92 Å². The van der Waals surface area contributed by atoms with Crippen LogP contribution in [0.1, 0.15) is 39.2 Å². The van der Waals surface area contributed by atoms with Gasteiger partial charge in [0.05, 0.1) is 0 Å². The van der Waals surface area contributed by atoms with Crippen LogP contribution in [0.2, 0.25) is 0 Å². The molecule has 1 fully saturated rings. The Hall–Kier alpha value is -1.89. The molecule has 0 radical (unpaired) electrons. The molecule has 1 N–H and O–H groups in total. The Morgan fingerprint density at radius 1 is 1.29 bits per heavy atom. The first-order chi connectivity index (χ1) is 11.1. The number of alkyl carbamates (subject to hydrolysis) is 1. The van der Waals surface area contributed by atoms with Crippen LogP contribution in [0.15, 0.2) is 30.3 Å². The van der Waals surface area contributed by atoms with Gasteiger partial charge in [-0.1, -0.05) is 37.3 Å². The zero-order valence-electron chi connectivity index (χ0n) is 14.3. The van der Waals surface area contributed by atoms with E-state index in [2.05, 4.69) is 5.32 Å². The summed E-state index contributed by atoms with van der Waals surface area (Å²) in [5.74, 6) is -0.722. The lowest BCUT2D eigenvalue weighted by atomic mass is 10.1. The fraction of sp³-hybridized carbons (Fsp3) is 0.529. The Morgan fingerprint density at radius 2 is 1.88 bits per heavy atom. The van der Waals surface area contributed by atoms with E-state index in [-0.39, 0.29) is 5.75 Å². The highest BCUT2D eigenvalue weighted by molar-refractivity contribution is 7.92. The Bertz CT molecular complexity index is 723. The van der Waals surface area contributed by atoms with Gasteiger partial charge in [0.15, 0.2) is 9.84 Å². The first-order valence-electron chi connectivity index (χ1n) is 7.81. The molecule has 0 heterocycles. The summed E-state index contributed by atoms with van der Waals surface area (Å²) in [6.45, 7) is 6.62. The van der Waals surface area contributed by atoms with E-state index in [0.29, 0.717) is 11.8 Å². The van der Waals surface area contributed by atoms with Gasteiger partial charge in [-0.25, -0.2) is 13.2 Å². The van der Waals surface area contributed by atoms with E-state index >= 15 is 0 Å². The largest absolute Gasteiger partial charge is 0.444 e. The molecule has 0 spiro atoms. The minimum atomic E-state index is -3.53. The lowest BCUT2D eigenvalue weighted by Crippen LogP contribution is -2.45. The molecule has 3 atom stereocenters. The molecule has 1 saturated carbocycles. The summed E-state index contributed by atoms with van der Waals surface area (Å²) >= 11 is 0. The lowest BCUT2D eigenvalue weighted by molar-refractivity contribution is -0.110. The van der Waals surface area contributed by atoms with Crippen LogP contribution in [0, 0.1) is 0 Å².